The fourth-order valence-electron chi connectivity index (χ4n) is 1.38. The molecule has 0 saturated carbocycles. The third-order valence-corrected chi connectivity index (χ3v) is 3.22. The fourth-order valence-corrected chi connectivity index (χ4v) is 2.03. The highest BCUT2D eigenvalue weighted by Crippen LogP contribution is 2.22. The van der Waals surface area contributed by atoms with Gasteiger partial charge in [0.25, 0.3) is 0 Å². The molecule has 0 heterocycles. The number of anilines is 1. The molecule has 0 unspecified atom stereocenters. The molecule has 18 heavy (non-hydrogen) atoms. The van der Waals surface area contributed by atoms with Gasteiger partial charge < -0.3 is 4.90 Å². The summed E-state index contributed by atoms with van der Waals surface area (Å²) < 4.78 is 0. The number of carbonyl (C=O) groups excluding carboxylic acids is 2. The van der Waals surface area contributed by atoms with E-state index in [2.05, 4.69) is 0 Å². The summed E-state index contributed by atoms with van der Waals surface area (Å²) in [7, 11) is 3.94. The van der Waals surface area contributed by atoms with E-state index < -0.39 is 0 Å². The quantitative estimate of drug-likeness (QED) is 0.783. The molecule has 1 aromatic rings. The van der Waals surface area contributed by atoms with Crippen molar-refractivity contribution in [2.75, 3.05) is 19.0 Å². The van der Waals surface area contributed by atoms with Crippen LogP contribution in [0.4, 0.5) is 5.69 Å². The molecule has 1 rings (SSSR count). The predicted octanol–water partition coefficient (Wildman–Crippen LogP) is 2.96. The summed E-state index contributed by atoms with van der Waals surface area (Å²) in [6, 6.07) is 7.81. The van der Waals surface area contributed by atoms with E-state index in [1.165, 1.54) is 13.8 Å². The maximum atomic E-state index is 11.4. The zero-order valence-electron chi connectivity index (χ0n) is 11.1. The molecule has 0 N–H and O–H groups in total. The monoisotopic (exact) mass is 263 g/mol. The number of allylic oxidation sites excluding steroid dienone is 1. The minimum absolute atomic E-state index is 0.0821. The zero-order valence-corrected chi connectivity index (χ0v) is 11.9. The van der Waals surface area contributed by atoms with Crippen LogP contribution in [-0.2, 0) is 9.59 Å². The summed E-state index contributed by atoms with van der Waals surface area (Å²) in [5.74, 6) is -0.0908. The lowest BCUT2D eigenvalue weighted by Crippen LogP contribution is -2.07. The number of benzene rings is 1. The lowest BCUT2D eigenvalue weighted by atomic mass is 10.1. The van der Waals surface area contributed by atoms with Crippen LogP contribution < -0.4 is 4.90 Å². The molecule has 0 spiro atoms. The Balaban J connectivity index is 2.97. The van der Waals surface area contributed by atoms with Crippen molar-refractivity contribution in [3.8, 4) is 0 Å². The van der Waals surface area contributed by atoms with E-state index in [4.69, 9.17) is 0 Å². The first-order chi connectivity index (χ1) is 8.40. The van der Waals surface area contributed by atoms with Gasteiger partial charge in [0, 0.05) is 26.7 Å². The van der Waals surface area contributed by atoms with E-state index >= 15 is 0 Å². The molecule has 0 atom stereocenters. The highest BCUT2D eigenvalue weighted by molar-refractivity contribution is 8.17. The molecule has 0 radical (unpaired) electrons. The molecular formula is C14H17NO2S. The molecule has 4 heteroatoms. The summed E-state index contributed by atoms with van der Waals surface area (Å²) in [5.41, 5.74) is 2.01. The van der Waals surface area contributed by atoms with Gasteiger partial charge in [-0.1, -0.05) is 12.1 Å². The van der Waals surface area contributed by atoms with Crippen molar-refractivity contribution >= 4 is 34.4 Å². The summed E-state index contributed by atoms with van der Waals surface area (Å²) >= 11 is 0.975. The summed E-state index contributed by atoms with van der Waals surface area (Å²) in [5, 5.41) is -0.0821. The Kier molecular flexibility index (Phi) is 5.16. The van der Waals surface area contributed by atoms with Gasteiger partial charge in [0.2, 0.25) is 0 Å². The molecule has 0 bridgehead atoms. The van der Waals surface area contributed by atoms with Crippen LogP contribution in [0.2, 0.25) is 0 Å². The van der Waals surface area contributed by atoms with Gasteiger partial charge >= 0.3 is 0 Å². The Morgan fingerprint density at radius 1 is 1.11 bits per heavy atom. The molecule has 96 valence electrons. The number of ketones is 1. The average molecular weight is 263 g/mol. The minimum atomic E-state index is -0.0908. The second kappa shape index (κ2) is 6.40. The first-order valence-electron chi connectivity index (χ1n) is 5.58. The van der Waals surface area contributed by atoms with Crippen LogP contribution in [0.1, 0.15) is 19.4 Å². The molecular weight excluding hydrogens is 246 g/mol. The maximum absolute atomic E-state index is 11.4. The Morgan fingerprint density at radius 3 is 2.06 bits per heavy atom. The standard InChI is InChI=1S/C14H17NO2S/c1-10(16)14(18-11(2)17)9-12-5-7-13(8-6-12)15(3)4/h5-9H,1-4H3/b14-9-. The summed E-state index contributed by atoms with van der Waals surface area (Å²) in [6.45, 7) is 2.92. The van der Waals surface area contributed by atoms with Gasteiger partial charge in [-0.2, -0.15) is 0 Å². The number of thioether (sulfide) groups is 1. The zero-order chi connectivity index (χ0) is 13.7. The Bertz CT molecular complexity index is 475. The van der Waals surface area contributed by atoms with E-state index in [0.29, 0.717) is 4.91 Å². The fraction of sp³-hybridized carbons (Fsp3) is 0.286. The average Bonchev–Trinajstić information content (AvgIpc) is 2.28. The summed E-state index contributed by atoms with van der Waals surface area (Å²) in [4.78, 5) is 24.9. The second-order valence-electron chi connectivity index (χ2n) is 4.14. The van der Waals surface area contributed by atoms with Crippen LogP contribution in [0.3, 0.4) is 0 Å². The predicted molar refractivity (Wildman–Crippen MR) is 77.7 cm³/mol. The Hall–Kier alpha value is -1.55. The van der Waals surface area contributed by atoms with Crippen LogP contribution >= 0.6 is 11.8 Å². The normalized spacial score (nSPS) is 11.2. The number of rotatable bonds is 4. The molecule has 1 aromatic carbocycles. The topological polar surface area (TPSA) is 37.4 Å². The van der Waals surface area contributed by atoms with Crippen molar-refractivity contribution in [3.05, 3.63) is 34.7 Å². The SMILES string of the molecule is CC(=O)S/C(=C\c1ccc(N(C)C)cc1)C(C)=O. The molecule has 0 aliphatic heterocycles. The van der Waals surface area contributed by atoms with Crippen molar-refractivity contribution in [1.82, 2.24) is 0 Å². The number of nitrogens with zero attached hydrogens (tertiary/aromatic N) is 1. The number of Topliss-reactive ketones (excluding diaryl/α,β-unsaturated/α-hetero) is 1. The Morgan fingerprint density at radius 2 is 1.67 bits per heavy atom. The van der Waals surface area contributed by atoms with Crippen LogP contribution in [-0.4, -0.2) is 25.0 Å². The first-order valence-corrected chi connectivity index (χ1v) is 6.40. The van der Waals surface area contributed by atoms with Crippen LogP contribution in [0, 0.1) is 0 Å². The van der Waals surface area contributed by atoms with Crippen molar-refractivity contribution in [2.24, 2.45) is 0 Å². The second-order valence-corrected chi connectivity index (χ2v) is 5.36. The lowest BCUT2D eigenvalue weighted by Gasteiger charge is -2.12. The van der Waals surface area contributed by atoms with Crippen LogP contribution in [0.25, 0.3) is 6.08 Å². The third kappa shape index (κ3) is 4.37. The number of carbonyl (C=O) groups is 2. The smallest absolute Gasteiger partial charge is 0.190 e. The first kappa shape index (κ1) is 14.5. The molecule has 0 aliphatic carbocycles. The van der Waals surface area contributed by atoms with Gasteiger partial charge in [-0.05, 0) is 42.5 Å². The molecule has 3 nitrogen and oxygen atoms in total. The van der Waals surface area contributed by atoms with E-state index in [1.54, 1.807) is 6.08 Å². The number of hydrogen-bond acceptors (Lipinski definition) is 4. The molecule has 0 aromatic heterocycles. The molecule has 0 fully saturated rings. The van der Waals surface area contributed by atoms with E-state index in [9.17, 15) is 9.59 Å². The minimum Gasteiger partial charge on any atom is -0.378 e. The van der Waals surface area contributed by atoms with Crippen LogP contribution in [0.15, 0.2) is 29.2 Å². The lowest BCUT2D eigenvalue weighted by molar-refractivity contribution is -0.113. The van der Waals surface area contributed by atoms with Crippen LogP contribution in [0.5, 0.6) is 0 Å². The highest BCUT2D eigenvalue weighted by Gasteiger charge is 2.08. The molecule has 0 aliphatic rings. The van der Waals surface area contributed by atoms with Crippen molar-refractivity contribution in [2.45, 2.75) is 13.8 Å². The van der Waals surface area contributed by atoms with E-state index in [1.807, 2.05) is 43.3 Å². The van der Waals surface area contributed by atoms with E-state index in [0.717, 1.165) is 23.0 Å². The van der Waals surface area contributed by atoms with Gasteiger partial charge in [0.1, 0.15) is 0 Å². The van der Waals surface area contributed by atoms with E-state index in [-0.39, 0.29) is 10.9 Å². The van der Waals surface area contributed by atoms with Crippen molar-refractivity contribution in [1.29, 1.82) is 0 Å². The molecule has 0 amide bonds. The van der Waals surface area contributed by atoms with Crippen molar-refractivity contribution < 1.29 is 9.59 Å². The van der Waals surface area contributed by atoms with Gasteiger partial charge in [-0.25, -0.2) is 0 Å². The largest absolute Gasteiger partial charge is 0.378 e. The maximum Gasteiger partial charge on any atom is 0.190 e. The Labute approximate surface area is 112 Å². The molecule has 0 saturated heterocycles. The summed E-state index contributed by atoms with van der Waals surface area (Å²) in [6.07, 6.45) is 1.74. The van der Waals surface area contributed by atoms with Gasteiger partial charge in [0.05, 0.1) is 4.91 Å². The number of hydrogen-bond donors (Lipinski definition) is 0. The van der Waals surface area contributed by atoms with Gasteiger partial charge in [-0.3, -0.25) is 9.59 Å². The highest BCUT2D eigenvalue weighted by atomic mass is 32.2. The van der Waals surface area contributed by atoms with Gasteiger partial charge in [0.15, 0.2) is 10.9 Å². The van der Waals surface area contributed by atoms with Gasteiger partial charge in [-0.15, -0.1) is 0 Å². The van der Waals surface area contributed by atoms with Crippen molar-refractivity contribution in [3.63, 3.8) is 0 Å². The third-order valence-electron chi connectivity index (χ3n) is 2.31.